The van der Waals surface area contributed by atoms with Crippen molar-refractivity contribution in [1.82, 2.24) is 0 Å². The summed E-state index contributed by atoms with van der Waals surface area (Å²) in [5.41, 5.74) is 1.75. The van der Waals surface area contributed by atoms with Gasteiger partial charge in [-0.1, -0.05) is 66.7 Å². The van der Waals surface area contributed by atoms with Gasteiger partial charge in [0.25, 0.3) is 5.69 Å². The molecule has 1 heterocycles. The van der Waals surface area contributed by atoms with Crippen molar-refractivity contribution in [2.75, 3.05) is 0 Å². The Balaban J connectivity index is 1.91. The maximum absolute atomic E-state index is 12.0. The van der Waals surface area contributed by atoms with E-state index in [0.29, 0.717) is 5.56 Å². The van der Waals surface area contributed by atoms with Crippen molar-refractivity contribution in [3.63, 3.8) is 0 Å². The smallest absolute Gasteiger partial charge is 0.258 e. The number of benzene rings is 5. The van der Waals surface area contributed by atoms with Gasteiger partial charge in [0.1, 0.15) is 0 Å². The van der Waals surface area contributed by atoms with Gasteiger partial charge in [-0.25, -0.2) is 0 Å². The number of hydrogen-bond donors (Lipinski definition) is 0. The van der Waals surface area contributed by atoms with Crippen LogP contribution in [0, 0.1) is 10.1 Å². The first-order chi connectivity index (χ1) is 14.7. The highest BCUT2D eigenvalue weighted by molar-refractivity contribution is 7.26. The second kappa shape index (κ2) is 6.37. The van der Waals surface area contributed by atoms with Gasteiger partial charge in [-0.2, -0.15) is 0 Å². The summed E-state index contributed by atoms with van der Waals surface area (Å²) in [6.45, 7) is 0. The number of rotatable bonds is 2. The minimum Gasteiger partial charge on any atom is -0.258 e. The van der Waals surface area contributed by atoms with E-state index in [2.05, 4.69) is 30.3 Å². The summed E-state index contributed by atoms with van der Waals surface area (Å²) >= 11 is 1.75. The predicted octanol–water partition coefficient (Wildman–Crippen LogP) is 7.94. The lowest BCUT2D eigenvalue weighted by Crippen LogP contribution is -1.94. The highest BCUT2D eigenvalue weighted by Gasteiger charge is 2.23. The summed E-state index contributed by atoms with van der Waals surface area (Å²) < 4.78 is 2.36. The molecule has 0 fully saturated rings. The fourth-order valence-electron chi connectivity index (χ4n) is 4.45. The summed E-state index contributed by atoms with van der Waals surface area (Å²) in [5, 5.41) is 18.5. The van der Waals surface area contributed by atoms with Gasteiger partial charge in [0.2, 0.25) is 0 Å². The van der Waals surface area contributed by atoms with Gasteiger partial charge in [0, 0.05) is 26.2 Å². The number of nitro groups is 1. The standard InChI is InChI=1S/C26H15NO2S/c28-27(29)22-14-13-16-7-1-3-9-18(16)24(22)21-15-17-8-2-4-10-19(17)26-25(21)20-11-5-6-12-23(20)30-26/h1-15H. The molecule has 3 nitrogen and oxygen atoms in total. The Morgan fingerprint density at radius 3 is 2.17 bits per heavy atom. The van der Waals surface area contributed by atoms with E-state index in [-0.39, 0.29) is 10.6 Å². The van der Waals surface area contributed by atoms with Crippen LogP contribution in [0.15, 0.2) is 91.0 Å². The van der Waals surface area contributed by atoms with Gasteiger partial charge in [-0.15, -0.1) is 11.3 Å². The van der Waals surface area contributed by atoms with Gasteiger partial charge in [0.15, 0.2) is 0 Å². The van der Waals surface area contributed by atoms with Crippen LogP contribution < -0.4 is 0 Å². The summed E-state index contributed by atoms with van der Waals surface area (Å²) in [5.74, 6) is 0. The quantitative estimate of drug-likeness (QED) is 0.217. The van der Waals surface area contributed by atoms with Crippen molar-refractivity contribution in [2.24, 2.45) is 0 Å². The Morgan fingerprint density at radius 1 is 0.700 bits per heavy atom. The van der Waals surface area contributed by atoms with Crippen LogP contribution in [0.2, 0.25) is 0 Å². The molecule has 0 bridgehead atoms. The normalized spacial score (nSPS) is 11.6. The molecule has 0 aliphatic carbocycles. The third-order valence-electron chi connectivity index (χ3n) is 5.74. The molecule has 0 saturated carbocycles. The van der Waals surface area contributed by atoms with E-state index in [1.54, 1.807) is 17.4 Å². The zero-order valence-corrected chi connectivity index (χ0v) is 16.6. The highest BCUT2D eigenvalue weighted by atomic mass is 32.1. The van der Waals surface area contributed by atoms with Crippen LogP contribution in [0.5, 0.6) is 0 Å². The Morgan fingerprint density at radius 2 is 1.37 bits per heavy atom. The van der Waals surface area contributed by atoms with Crippen LogP contribution in [0.3, 0.4) is 0 Å². The minimum atomic E-state index is -0.267. The predicted molar refractivity (Wildman–Crippen MR) is 126 cm³/mol. The third-order valence-corrected chi connectivity index (χ3v) is 6.95. The number of thiophene rings is 1. The van der Waals surface area contributed by atoms with Crippen LogP contribution in [0.4, 0.5) is 5.69 Å². The zero-order valence-electron chi connectivity index (χ0n) is 15.8. The molecule has 30 heavy (non-hydrogen) atoms. The first-order valence-corrected chi connectivity index (χ1v) is 10.5. The zero-order chi connectivity index (χ0) is 20.2. The molecule has 0 radical (unpaired) electrons. The van der Waals surface area contributed by atoms with Crippen molar-refractivity contribution in [2.45, 2.75) is 0 Å². The molecule has 1 aromatic heterocycles. The minimum absolute atomic E-state index is 0.139. The van der Waals surface area contributed by atoms with Crippen LogP contribution >= 0.6 is 11.3 Å². The summed E-state index contributed by atoms with van der Waals surface area (Å²) in [7, 11) is 0. The summed E-state index contributed by atoms with van der Waals surface area (Å²) in [6, 6.07) is 30.1. The van der Waals surface area contributed by atoms with Crippen LogP contribution in [0.1, 0.15) is 0 Å². The van der Waals surface area contributed by atoms with E-state index in [1.807, 2.05) is 54.6 Å². The lowest BCUT2D eigenvalue weighted by molar-refractivity contribution is -0.384. The molecule has 0 aliphatic heterocycles. The second-order valence-corrected chi connectivity index (χ2v) is 8.44. The van der Waals surface area contributed by atoms with E-state index in [9.17, 15) is 10.1 Å². The van der Waals surface area contributed by atoms with Crippen molar-refractivity contribution in [1.29, 1.82) is 0 Å². The van der Waals surface area contributed by atoms with Crippen molar-refractivity contribution >= 4 is 58.7 Å². The maximum Gasteiger partial charge on any atom is 0.277 e. The Kier molecular flexibility index (Phi) is 3.64. The molecule has 0 unspecified atom stereocenters. The molecule has 0 spiro atoms. The van der Waals surface area contributed by atoms with E-state index in [1.165, 1.54) is 14.8 Å². The Labute approximate surface area is 176 Å². The van der Waals surface area contributed by atoms with Crippen molar-refractivity contribution in [3.8, 4) is 11.1 Å². The van der Waals surface area contributed by atoms with Gasteiger partial charge >= 0.3 is 0 Å². The lowest BCUT2D eigenvalue weighted by Gasteiger charge is -2.12. The first kappa shape index (κ1) is 17.1. The SMILES string of the molecule is O=[N+]([O-])c1ccc2ccccc2c1-c1cc2ccccc2c2sc3ccccc3c12. The molecule has 142 valence electrons. The van der Waals surface area contributed by atoms with Crippen LogP contribution in [0.25, 0.3) is 52.8 Å². The Bertz CT molecular complexity index is 1630. The molecule has 6 rings (SSSR count). The molecular formula is C26H15NO2S. The van der Waals surface area contributed by atoms with E-state index < -0.39 is 0 Å². The average molecular weight is 405 g/mol. The van der Waals surface area contributed by atoms with Gasteiger partial charge in [-0.3, -0.25) is 10.1 Å². The van der Waals surface area contributed by atoms with E-state index in [0.717, 1.165) is 32.5 Å². The molecule has 0 saturated heterocycles. The Hall–Kier alpha value is -3.76. The van der Waals surface area contributed by atoms with Gasteiger partial charge in [0.05, 0.1) is 10.5 Å². The molecule has 6 aromatic rings. The fourth-order valence-corrected chi connectivity index (χ4v) is 5.72. The summed E-state index contributed by atoms with van der Waals surface area (Å²) in [4.78, 5) is 11.8. The highest BCUT2D eigenvalue weighted by Crippen LogP contribution is 2.47. The van der Waals surface area contributed by atoms with Crippen LogP contribution in [-0.4, -0.2) is 4.92 Å². The molecule has 0 atom stereocenters. The number of fused-ring (bicyclic) bond motifs is 6. The molecule has 4 heteroatoms. The van der Waals surface area contributed by atoms with Crippen LogP contribution in [-0.2, 0) is 0 Å². The molecule has 0 aliphatic rings. The topological polar surface area (TPSA) is 43.1 Å². The van der Waals surface area contributed by atoms with E-state index >= 15 is 0 Å². The monoisotopic (exact) mass is 405 g/mol. The number of hydrogen-bond acceptors (Lipinski definition) is 3. The van der Waals surface area contributed by atoms with Gasteiger partial charge in [-0.05, 0) is 45.3 Å². The van der Waals surface area contributed by atoms with Crippen molar-refractivity contribution in [3.05, 3.63) is 101 Å². The second-order valence-electron chi connectivity index (χ2n) is 7.39. The van der Waals surface area contributed by atoms with Crippen molar-refractivity contribution < 1.29 is 4.92 Å². The average Bonchev–Trinajstić information content (AvgIpc) is 3.18. The van der Waals surface area contributed by atoms with Gasteiger partial charge < -0.3 is 0 Å². The molecule has 5 aromatic carbocycles. The molecule has 0 N–H and O–H groups in total. The van der Waals surface area contributed by atoms with E-state index in [4.69, 9.17) is 0 Å². The third kappa shape index (κ3) is 2.38. The first-order valence-electron chi connectivity index (χ1n) is 9.72. The fraction of sp³-hybridized carbons (Fsp3) is 0. The number of nitro benzene ring substituents is 1. The summed E-state index contributed by atoms with van der Waals surface area (Å²) in [6.07, 6.45) is 0. The maximum atomic E-state index is 12.0. The molecular weight excluding hydrogens is 390 g/mol. The molecule has 0 amide bonds. The number of nitrogens with zero attached hydrogens (tertiary/aromatic N) is 1. The largest absolute Gasteiger partial charge is 0.277 e. The lowest BCUT2D eigenvalue weighted by atomic mass is 9.91.